The molecule has 4 heteroatoms. The van der Waals surface area contributed by atoms with Crippen molar-refractivity contribution in [3.05, 3.63) is 48.0 Å². The van der Waals surface area contributed by atoms with Crippen molar-refractivity contribution < 1.29 is 4.79 Å². The fourth-order valence-corrected chi connectivity index (χ4v) is 1.96. The summed E-state index contributed by atoms with van der Waals surface area (Å²) in [5.74, 6) is 0.0864. The first-order valence-corrected chi connectivity index (χ1v) is 7.06. The third kappa shape index (κ3) is 5.41. The van der Waals surface area contributed by atoms with Gasteiger partial charge < -0.3 is 4.90 Å². The molecule has 0 aliphatic heterocycles. The van der Waals surface area contributed by atoms with E-state index in [0.29, 0.717) is 25.2 Å². The van der Waals surface area contributed by atoms with E-state index < -0.39 is 0 Å². The SMILES string of the molecule is C=CCN(CC(=O)N(C)C(C)C)Cc1cccc(C#N)c1. The fourth-order valence-electron chi connectivity index (χ4n) is 1.96. The van der Waals surface area contributed by atoms with Gasteiger partial charge in [-0.3, -0.25) is 9.69 Å². The number of benzene rings is 1. The standard InChI is InChI=1S/C17H23N3O/c1-5-9-20(13-17(21)19(4)14(2)3)12-16-8-6-7-15(10-16)11-18/h5-8,10,14H,1,9,12-13H2,2-4H3. The molecule has 0 N–H and O–H groups in total. The van der Waals surface area contributed by atoms with Crippen LogP contribution in [0.4, 0.5) is 0 Å². The Hall–Kier alpha value is -2.12. The minimum atomic E-state index is 0.0864. The Morgan fingerprint density at radius 1 is 1.48 bits per heavy atom. The molecule has 0 aliphatic rings. The molecule has 0 bridgehead atoms. The number of likely N-dealkylation sites (N-methyl/N-ethyl adjacent to an activating group) is 1. The molecule has 1 aromatic carbocycles. The lowest BCUT2D eigenvalue weighted by molar-refractivity contribution is -0.132. The highest BCUT2D eigenvalue weighted by Crippen LogP contribution is 2.08. The van der Waals surface area contributed by atoms with Crippen LogP contribution in [0.15, 0.2) is 36.9 Å². The molecule has 1 rings (SSSR count). The third-order valence-electron chi connectivity index (χ3n) is 3.38. The molecule has 0 aromatic heterocycles. The number of carbonyl (C=O) groups is 1. The second-order valence-electron chi connectivity index (χ2n) is 5.37. The maximum Gasteiger partial charge on any atom is 0.236 e. The highest BCUT2D eigenvalue weighted by atomic mass is 16.2. The summed E-state index contributed by atoms with van der Waals surface area (Å²) in [5, 5.41) is 8.94. The van der Waals surface area contributed by atoms with Crippen molar-refractivity contribution in [2.24, 2.45) is 0 Å². The number of nitriles is 1. The quantitative estimate of drug-likeness (QED) is 0.723. The van der Waals surface area contributed by atoms with Crippen LogP contribution in [0.3, 0.4) is 0 Å². The fraction of sp³-hybridized carbons (Fsp3) is 0.412. The van der Waals surface area contributed by atoms with Crippen LogP contribution in [0.1, 0.15) is 25.0 Å². The average Bonchev–Trinajstić information content (AvgIpc) is 2.46. The molecule has 0 fully saturated rings. The Balaban J connectivity index is 2.75. The van der Waals surface area contributed by atoms with Crippen molar-refractivity contribution in [2.75, 3.05) is 20.1 Å². The molecule has 0 aliphatic carbocycles. The van der Waals surface area contributed by atoms with Crippen molar-refractivity contribution in [3.63, 3.8) is 0 Å². The van der Waals surface area contributed by atoms with Gasteiger partial charge in [0.1, 0.15) is 0 Å². The van der Waals surface area contributed by atoms with Crippen LogP contribution in [-0.4, -0.2) is 41.9 Å². The molecule has 4 nitrogen and oxygen atoms in total. The van der Waals surface area contributed by atoms with Gasteiger partial charge in [0, 0.05) is 26.2 Å². The number of rotatable bonds is 7. The largest absolute Gasteiger partial charge is 0.342 e. The van der Waals surface area contributed by atoms with Gasteiger partial charge >= 0.3 is 0 Å². The molecule has 0 spiro atoms. The first kappa shape index (κ1) is 16.9. The van der Waals surface area contributed by atoms with Crippen LogP contribution < -0.4 is 0 Å². The minimum absolute atomic E-state index is 0.0864. The summed E-state index contributed by atoms with van der Waals surface area (Å²) in [5.41, 5.74) is 1.66. The number of carbonyl (C=O) groups excluding carboxylic acids is 1. The minimum Gasteiger partial charge on any atom is -0.342 e. The van der Waals surface area contributed by atoms with Crippen LogP contribution in [-0.2, 0) is 11.3 Å². The summed E-state index contributed by atoms with van der Waals surface area (Å²) in [6, 6.07) is 9.78. The Kier molecular flexibility index (Phi) is 6.64. The molecule has 0 radical (unpaired) electrons. The monoisotopic (exact) mass is 285 g/mol. The number of amides is 1. The van der Waals surface area contributed by atoms with E-state index in [1.54, 1.807) is 17.0 Å². The van der Waals surface area contributed by atoms with Crippen molar-refractivity contribution in [1.29, 1.82) is 5.26 Å². The van der Waals surface area contributed by atoms with Gasteiger partial charge in [0.2, 0.25) is 5.91 Å². The molecule has 112 valence electrons. The second kappa shape index (κ2) is 8.23. The maximum absolute atomic E-state index is 12.2. The van der Waals surface area contributed by atoms with Gasteiger partial charge in [0.05, 0.1) is 18.2 Å². The van der Waals surface area contributed by atoms with Crippen molar-refractivity contribution in [1.82, 2.24) is 9.80 Å². The first-order chi connectivity index (χ1) is 9.97. The van der Waals surface area contributed by atoms with Gasteiger partial charge in [-0.25, -0.2) is 0 Å². The van der Waals surface area contributed by atoms with Crippen LogP contribution in [0.2, 0.25) is 0 Å². The van der Waals surface area contributed by atoms with E-state index in [0.717, 1.165) is 5.56 Å². The lowest BCUT2D eigenvalue weighted by Crippen LogP contribution is -2.41. The topological polar surface area (TPSA) is 47.3 Å². The van der Waals surface area contributed by atoms with Gasteiger partial charge in [0.15, 0.2) is 0 Å². The van der Waals surface area contributed by atoms with Gasteiger partial charge in [-0.05, 0) is 31.5 Å². The van der Waals surface area contributed by atoms with Gasteiger partial charge in [-0.1, -0.05) is 18.2 Å². The Labute approximate surface area is 127 Å². The first-order valence-electron chi connectivity index (χ1n) is 7.06. The summed E-state index contributed by atoms with van der Waals surface area (Å²) in [6.45, 7) is 9.33. The summed E-state index contributed by atoms with van der Waals surface area (Å²) in [4.78, 5) is 15.9. The Morgan fingerprint density at radius 2 is 2.19 bits per heavy atom. The predicted molar refractivity (Wildman–Crippen MR) is 84.5 cm³/mol. The molecule has 0 atom stereocenters. The smallest absolute Gasteiger partial charge is 0.236 e. The zero-order chi connectivity index (χ0) is 15.8. The molecule has 1 aromatic rings. The zero-order valence-corrected chi connectivity index (χ0v) is 13.0. The number of hydrogen-bond donors (Lipinski definition) is 0. The van der Waals surface area contributed by atoms with E-state index in [4.69, 9.17) is 5.26 Å². The van der Waals surface area contributed by atoms with Crippen molar-refractivity contribution in [2.45, 2.75) is 26.4 Å². The summed E-state index contributed by atoms with van der Waals surface area (Å²) >= 11 is 0. The van der Waals surface area contributed by atoms with Crippen LogP contribution in [0, 0.1) is 11.3 Å². The summed E-state index contributed by atoms with van der Waals surface area (Å²) < 4.78 is 0. The molecule has 0 saturated heterocycles. The molecule has 0 unspecified atom stereocenters. The number of nitrogens with zero attached hydrogens (tertiary/aromatic N) is 3. The van der Waals surface area contributed by atoms with Gasteiger partial charge in [0.25, 0.3) is 0 Å². The van der Waals surface area contributed by atoms with E-state index in [1.807, 2.05) is 44.0 Å². The summed E-state index contributed by atoms with van der Waals surface area (Å²) in [7, 11) is 1.81. The van der Waals surface area contributed by atoms with Crippen LogP contribution >= 0.6 is 0 Å². The Morgan fingerprint density at radius 3 is 2.76 bits per heavy atom. The Bertz CT molecular complexity index is 531. The zero-order valence-electron chi connectivity index (χ0n) is 13.0. The van der Waals surface area contributed by atoms with Gasteiger partial charge in [-0.2, -0.15) is 5.26 Å². The molecule has 0 saturated carbocycles. The highest BCUT2D eigenvalue weighted by Gasteiger charge is 2.16. The summed E-state index contributed by atoms with van der Waals surface area (Å²) in [6.07, 6.45) is 1.79. The lowest BCUT2D eigenvalue weighted by atomic mass is 10.1. The van der Waals surface area contributed by atoms with E-state index >= 15 is 0 Å². The molecule has 1 amide bonds. The van der Waals surface area contributed by atoms with Crippen molar-refractivity contribution >= 4 is 5.91 Å². The highest BCUT2D eigenvalue weighted by molar-refractivity contribution is 5.78. The lowest BCUT2D eigenvalue weighted by Gasteiger charge is -2.26. The second-order valence-corrected chi connectivity index (χ2v) is 5.37. The normalized spacial score (nSPS) is 10.5. The number of hydrogen-bond acceptors (Lipinski definition) is 3. The molecule has 0 heterocycles. The van der Waals surface area contributed by atoms with E-state index in [2.05, 4.69) is 12.6 Å². The predicted octanol–water partition coefficient (Wildman–Crippen LogP) is 2.41. The molecular weight excluding hydrogens is 262 g/mol. The average molecular weight is 285 g/mol. The van der Waals surface area contributed by atoms with Crippen LogP contribution in [0.25, 0.3) is 0 Å². The van der Waals surface area contributed by atoms with Crippen LogP contribution in [0.5, 0.6) is 0 Å². The van der Waals surface area contributed by atoms with Crippen molar-refractivity contribution in [3.8, 4) is 6.07 Å². The molecule has 21 heavy (non-hydrogen) atoms. The van der Waals surface area contributed by atoms with E-state index in [-0.39, 0.29) is 11.9 Å². The maximum atomic E-state index is 12.2. The van der Waals surface area contributed by atoms with Gasteiger partial charge in [-0.15, -0.1) is 6.58 Å². The third-order valence-corrected chi connectivity index (χ3v) is 3.38. The van der Waals surface area contributed by atoms with E-state index in [1.165, 1.54) is 0 Å². The molecular formula is C17H23N3O. The van der Waals surface area contributed by atoms with E-state index in [9.17, 15) is 4.79 Å².